The number of ketones is 1. The third-order valence-electron chi connectivity index (χ3n) is 4.86. The van der Waals surface area contributed by atoms with Crippen LogP contribution in [0.1, 0.15) is 49.0 Å². The van der Waals surface area contributed by atoms with Crippen LogP contribution in [0.25, 0.3) is 0 Å². The number of rotatable bonds is 7. The van der Waals surface area contributed by atoms with Gasteiger partial charge in [-0.15, -0.1) is 0 Å². The van der Waals surface area contributed by atoms with Gasteiger partial charge in [-0.1, -0.05) is 81.3 Å². The van der Waals surface area contributed by atoms with E-state index in [1.54, 1.807) is 0 Å². The summed E-state index contributed by atoms with van der Waals surface area (Å²) in [5, 5.41) is 0. The van der Waals surface area contributed by atoms with Gasteiger partial charge in [0.05, 0.1) is 7.85 Å². The summed E-state index contributed by atoms with van der Waals surface area (Å²) in [7, 11) is 4.50. The molecule has 0 atom stereocenters. The topological polar surface area (TPSA) is 40.6 Å². The lowest BCUT2D eigenvalue weighted by atomic mass is 10.1. The van der Waals surface area contributed by atoms with E-state index in [-0.39, 0.29) is 11.7 Å². The van der Waals surface area contributed by atoms with Crippen molar-refractivity contribution in [2.75, 3.05) is 26.2 Å². The Balaban J connectivity index is 0.00000106. The average molecular weight is 406 g/mol. The first kappa shape index (κ1) is 25.6. The smallest absolute Gasteiger partial charge is 0.222 e. The van der Waals surface area contributed by atoms with Crippen molar-refractivity contribution in [2.24, 2.45) is 0 Å². The van der Waals surface area contributed by atoms with Gasteiger partial charge in [0.2, 0.25) is 5.91 Å². The molecule has 0 bridgehead atoms. The van der Waals surface area contributed by atoms with E-state index in [1.165, 1.54) is 12.4 Å². The molecule has 1 saturated heterocycles. The summed E-state index contributed by atoms with van der Waals surface area (Å²) in [5.41, 5.74) is 2.04. The summed E-state index contributed by atoms with van der Waals surface area (Å²) in [6.07, 6.45) is 1.51. The largest absolute Gasteiger partial charge is 0.340 e. The maximum Gasteiger partial charge on any atom is 0.222 e. The zero-order chi connectivity index (χ0) is 22.2. The molecule has 2 aromatic rings. The Kier molecular flexibility index (Phi) is 13.2. The van der Waals surface area contributed by atoms with Crippen LogP contribution in [0.3, 0.4) is 0 Å². The van der Waals surface area contributed by atoms with Crippen molar-refractivity contribution >= 4 is 19.5 Å². The molecule has 1 aliphatic heterocycles. The van der Waals surface area contributed by atoms with Crippen molar-refractivity contribution in [2.45, 2.75) is 46.5 Å². The predicted molar refractivity (Wildman–Crippen MR) is 126 cm³/mol. The molecule has 0 aromatic heterocycles. The minimum atomic E-state index is 0.117. The van der Waals surface area contributed by atoms with Gasteiger partial charge in [0.1, 0.15) is 0 Å². The van der Waals surface area contributed by atoms with Crippen molar-refractivity contribution in [3.05, 3.63) is 71.8 Å². The van der Waals surface area contributed by atoms with Gasteiger partial charge in [-0.3, -0.25) is 14.5 Å². The lowest BCUT2D eigenvalue weighted by molar-refractivity contribution is -0.133. The Labute approximate surface area is 183 Å². The molecule has 0 unspecified atom stereocenters. The van der Waals surface area contributed by atoms with E-state index < -0.39 is 0 Å². The molecule has 160 valence electrons. The van der Waals surface area contributed by atoms with Crippen LogP contribution in [-0.2, 0) is 11.3 Å². The number of piperazine rings is 1. The highest BCUT2D eigenvalue weighted by Gasteiger charge is 2.21. The van der Waals surface area contributed by atoms with Crippen LogP contribution in [0.15, 0.2) is 60.7 Å². The molecule has 0 N–H and O–H groups in total. The summed E-state index contributed by atoms with van der Waals surface area (Å²) in [5.74, 6) is 0.288. The molecule has 3 rings (SSSR count). The van der Waals surface area contributed by atoms with Crippen LogP contribution in [-0.4, -0.2) is 55.5 Å². The van der Waals surface area contributed by atoms with E-state index in [9.17, 15) is 9.59 Å². The fourth-order valence-electron chi connectivity index (χ4n) is 3.32. The minimum Gasteiger partial charge on any atom is -0.340 e. The molecule has 1 amide bonds. The molecular formula is C25H35BN2O2. The first-order chi connectivity index (χ1) is 14.7. The Morgan fingerprint density at radius 1 is 0.800 bits per heavy atom. The Morgan fingerprint density at radius 2 is 1.33 bits per heavy atom. The summed E-state index contributed by atoms with van der Waals surface area (Å²) in [6.45, 7) is 9.80. The normalized spacial score (nSPS) is 13.4. The Morgan fingerprint density at radius 3 is 1.90 bits per heavy atom. The Hall–Kier alpha value is -2.40. The first-order valence-corrected chi connectivity index (χ1v) is 10.9. The van der Waals surface area contributed by atoms with Gasteiger partial charge < -0.3 is 4.90 Å². The van der Waals surface area contributed by atoms with Crippen LogP contribution >= 0.6 is 0 Å². The van der Waals surface area contributed by atoms with Crippen molar-refractivity contribution in [1.29, 1.82) is 0 Å². The van der Waals surface area contributed by atoms with E-state index in [1.807, 2.05) is 55.1 Å². The molecule has 5 heteroatoms. The quantitative estimate of drug-likeness (QED) is 0.498. The first-order valence-electron chi connectivity index (χ1n) is 10.9. The summed E-state index contributed by atoms with van der Waals surface area (Å²) < 4.78 is 0. The Bertz CT molecular complexity index is 714. The van der Waals surface area contributed by atoms with Gasteiger partial charge in [0, 0.05) is 51.1 Å². The molecule has 2 radical (unpaired) electrons. The monoisotopic (exact) mass is 406 g/mol. The van der Waals surface area contributed by atoms with E-state index in [4.69, 9.17) is 0 Å². The number of amides is 1. The van der Waals surface area contributed by atoms with Crippen molar-refractivity contribution in [3.8, 4) is 0 Å². The minimum absolute atomic E-state index is 0.117. The maximum absolute atomic E-state index is 12.4. The third-order valence-corrected chi connectivity index (χ3v) is 4.86. The number of benzene rings is 2. The van der Waals surface area contributed by atoms with Crippen LogP contribution in [0.2, 0.25) is 6.82 Å². The number of carbonyl (C=O) groups is 2. The van der Waals surface area contributed by atoms with Crippen molar-refractivity contribution < 1.29 is 9.59 Å². The zero-order valence-corrected chi connectivity index (χ0v) is 18.7. The highest BCUT2D eigenvalue weighted by molar-refractivity contribution is 6.05. The van der Waals surface area contributed by atoms with Gasteiger partial charge >= 0.3 is 0 Å². The van der Waals surface area contributed by atoms with Crippen LogP contribution in [0.4, 0.5) is 0 Å². The number of nitrogens with zero attached hydrogens (tertiary/aromatic N) is 2. The van der Waals surface area contributed by atoms with Gasteiger partial charge in [0.25, 0.3) is 0 Å². The van der Waals surface area contributed by atoms with Gasteiger partial charge in [-0.05, 0) is 12.0 Å². The molecule has 30 heavy (non-hydrogen) atoms. The molecule has 1 heterocycles. The molecule has 1 fully saturated rings. The lowest BCUT2D eigenvalue weighted by Crippen LogP contribution is -2.48. The molecule has 0 aliphatic carbocycles. The molecule has 4 nitrogen and oxygen atoms in total. The van der Waals surface area contributed by atoms with E-state index in [2.05, 4.69) is 37.0 Å². The third kappa shape index (κ3) is 8.96. The molecule has 0 spiro atoms. The fraction of sp³-hybridized carbons (Fsp3) is 0.440. The molecule has 0 saturated carbocycles. The molecule has 2 aromatic carbocycles. The fourth-order valence-corrected chi connectivity index (χ4v) is 3.32. The molecular weight excluding hydrogens is 371 g/mol. The molecule has 1 aliphatic rings. The second-order valence-electron chi connectivity index (χ2n) is 6.79. The highest BCUT2D eigenvalue weighted by atomic mass is 16.2. The van der Waals surface area contributed by atoms with Crippen LogP contribution in [0, 0.1) is 0 Å². The predicted octanol–water partition coefficient (Wildman–Crippen LogP) is 4.61. The highest BCUT2D eigenvalue weighted by Crippen LogP contribution is 2.12. The summed E-state index contributed by atoms with van der Waals surface area (Å²) in [6, 6.07) is 19.7. The van der Waals surface area contributed by atoms with Gasteiger partial charge in [-0.25, -0.2) is 0 Å². The van der Waals surface area contributed by atoms with Crippen LogP contribution < -0.4 is 0 Å². The summed E-state index contributed by atoms with van der Waals surface area (Å²) in [4.78, 5) is 28.8. The lowest BCUT2D eigenvalue weighted by Gasteiger charge is -2.34. The van der Waals surface area contributed by atoms with Crippen LogP contribution in [0.5, 0.6) is 0 Å². The summed E-state index contributed by atoms with van der Waals surface area (Å²) >= 11 is 0. The number of hydrogen-bond donors (Lipinski definition) is 0. The SMILES string of the molecule is CC.O=C(CCCC(=O)N1CCN(Cc2ccccc2)CC1)c1ccccc1.[B]C. The number of carbonyl (C=O) groups excluding carboxylic acids is 2. The number of Topliss-reactive ketones (excluding diaryl/α,β-unsaturated/α-hetero) is 1. The van der Waals surface area contributed by atoms with Crippen molar-refractivity contribution in [1.82, 2.24) is 9.80 Å². The van der Waals surface area contributed by atoms with Gasteiger partial charge in [0.15, 0.2) is 5.78 Å². The van der Waals surface area contributed by atoms with Crippen molar-refractivity contribution in [3.63, 3.8) is 0 Å². The van der Waals surface area contributed by atoms with E-state index in [0.717, 1.165) is 38.3 Å². The standard InChI is InChI=1S/C22H26N2O2.C2H6.CH3B/c25-21(20-10-5-2-6-11-20)12-7-13-22(26)24-16-14-23(15-17-24)18-19-8-3-1-4-9-19;2*1-2/h1-6,8-11H,7,12-18H2;1-2H3;1H3. The van der Waals surface area contributed by atoms with Gasteiger partial charge in [-0.2, -0.15) is 0 Å². The van der Waals surface area contributed by atoms with E-state index in [0.29, 0.717) is 19.3 Å². The van der Waals surface area contributed by atoms with E-state index >= 15 is 0 Å². The maximum atomic E-state index is 12.4. The average Bonchev–Trinajstić information content (AvgIpc) is 2.83. The second kappa shape index (κ2) is 15.4. The number of hydrogen-bond acceptors (Lipinski definition) is 3. The zero-order valence-electron chi connectivity index (χ0n) is 18.7. The second-order valence-corrected chi connectivity index (χ2v) is 6.79.